The Bertz CT molecular complexity index is 162. The van der Waals surface area contributed by atoms with E-state index in [1.807, 2.05) is 0 Å². The molecule has 4 nitrogen and oxygen atoms in total. The van der Waals surface area contributed by atoms with Crippen molar-refractivity contribution < 1.29 is 14.4 Å². The van der Waals surface area contributed by atoms with Crippen LogP contribution in [0.2, 0.25) is 22.3 Å². The molecule has 0 aliphatic heterocycles. The van der Waals surface area contributed by atoms with Crippen LogP contribution in [0, 0.1) is 0 Å². The van der Waals surface area contributed by atoms with E-state index < -0.39 is 21.3 Å². The molecule has 6 heteroatoms. The van der Waals surface area contributed by atoms with Gasteiger partial charge in [0.15, 0.2) is 0 Å². The molecular formula is C5H16AsNO3P+. The Morgan fingerprint density at radius 2 is 1.82 bits per heavy atom. The first-order valence-electron chi connectivity index (χ1n) is 3.32. The molecule has 0 aromatic carbocycles. The average molecular weight is 244 g/mol. The first kappa shape index (κ1) is 11.7. The van der Waals surface area contributed by atoms with Gasteiger partial charge in [-0.05, 0) is 0 Å². The fourth-order valence-corrected chi connectivity index (χ4v) is 2.96. The van der Waals surface area contributed by atoms with E-state index in [0.717, 1.165) is 5.21 Å². The van der Waals surface area contributed by atoms with Crippen LogP contribution in [0.1, 0.15) is 0 Å². The zero-order valence-electron chi connectivity index (χ0n) is 7.11. The van der Waals surface area contributed by atoms with Crippen LogP contribution in [-0.4, -0.2) is 29.9 Å². The molecule has 0 saturated carbocycles. The number of hydrogen-bond acceptors (Lipinski definition) is 1. The van der Waals surface area contributed by atoms with Crippen LogP contribution in [0.3, 0.4) is 0 Å². The van der Waals surface area contributed by atoms with Crippen molar-refractivity contribution in [3.63, 3.8) is 0 Å². The van der Waals surface area contributed by atoms with Crippen LogP contribution in [0.5, 0.6) is 0 Å². The van der Waals surface area contributed by atoms with E-state index in [-0.39, 0.29) is 0 Å². The molecule has 0 aliphatic rings. The van der Waals surface area contributed by atoms with Gasteiger partial charge in [0, 0.05) is 0 Å². The van der Waals surface area contributed by atoms with Crippen LogP contribution in [-0.2, 0) is 4.57 Å². The fraction of sp³-hybridized carbons (Fsp3) is 1.00. The fourth-order valence-electron chi connectivity index (χ4n) is 0.531. The van der Waals surface area contributed by atoms with Crippen LogP contribution in [0.25, 0.3) is 0 Å². The van der Waals surface area contributed by atoms with E-state index in [1.165, 1.54) is 0 Å². The van der Waals surface area contributed by atoms with Crippen LogP contribution >= 0.6 is 7.75 Å². The van der Waals surface area contributed by atoms with E-state index in [4.69, 9.17) is 9.79 Å². The minimum atomic E-state index is -3.97. The second kappa shape index (κ2) is 4.06. The van der Waals surface area contributed by atoms with Gasteiger partial charge in [-0.15, -0.1) is 0 Å². The molecule has 3 N–H and O–H groups in total. The maximum atomic E-state index is 10.3. The molecule has 0 rings (SSSR count). The summed E-state index contributed by atoms with van der Waals surface area (Å²) in [6.07, 6.45) is 0. The van der Waals surface area contributed by atoms with Crippen molar-refractivity contribution in [1.29, 1.82) is 0 Å². The topological polar surface area (TPSA) is 69.6 Å². The zero-order chi connectivity index (χ0) is 9.12. The van der Waals surface area contributed by atoms with Gasteiger partial charge >= 0.3 is 69.6 Å². The van der Waals surface area contributed by atoms with Crippen molar-refractivity contribution in [3.8, 4) is 0 Å². The summed E-state index contributed by atoms with van der Waals surface area (Å²) in [4.78, 5) is 16.9. The Morgan fingerprint density at radius 3 is 2.09 bits per heavy atom. The van der Waals surface area contributed by atoms with E-state index in [1.54, 1.807) is 0 Å². The Hall–Kier alpha value is 0.668. The summed E-state index contributed by atoms with van der Waals surface area (Å²) >= 11 is -1.47. The maximum absolute atomic E-state index is 10.3. The van der Waals surface area contributed by atoms with E-state index in [9.17, 15) is 4.57 Å². The molecule has 0 unspecified atom stereocenters. The first-order valence-corrected chi connectivity index (χ1v) is 11.9. The number of rotatable bonds is 4. The molecule has 11 heavy (non-hydrogen) atoms. The Balaban J connectivity index is 3.52. The van der Waals surface area contributed by atoms with E-state index in [2.05, 4.69) is 22.2 Å². The normalized spacial score (nSPS) is 13.5. The first-order chi connectivity index (χ1) is 4.71. The van der Waals surface area contributed by atoms with E-state index >= 15 is 0 Å². The monoisotopic (exact) mass is 244 g/mol. The molecule has 0 aromatic rings. The van der Waals surface area contributed by atoms with Crippen molar-refractivity contribution >= 4 is 21.3 Å². The molecule has 0 aromatic heterocycles. The molecule has 0 heterocycles. The second-order valence-electron chi connectivity index (χ2n) is 3.47. The predicted octanol–water partition coefficient (Wildman–Crippen LogP) is 1.01. The van der Waals surface area contributed by atoms with Gasteiger partial charge in [-0.3, -0.25) is 0 Å². The number of hydrogen-bond donors (Lipinski definition) is 3. The SMILES string of the molecule is C[As+](C)(C)CCNP(=O)(O)O. The predicted molar refractivity (Wildman–Crippen MR) is 48.2 cm³/mol. The summed E-state index contributed by atoms with van der Waals surface area (Å²) in [6, 6.07) is 0. The Kier molecular flexibility index (Phi) is 4.31. The average Bonchev–Trinajstić information content (AvgIpc) is 1.55. The zero-order valence-corrected chi connectivity index (χ0v) is 9.88. The molecule has 0 aliphatic carbocycles. The molecular weight excluding hydrogens is 228 g/mol. The second-order valence-corrected chi connectivity index (χ2v) is 15.4. The minimum absolute atomic E-state index is 0.431. The summed E-state index contributed by atoms with van der Waals surface area (Å²) in [5, 5.41) is 3.11. The van der Waals surface area contributed by atoms with Crippen molar-refractivity contribution in [2.45, 2.75) is 22.3 Å². The van der Waals surface area contributed by atoms with Gasteiger partial charge in [-0.25, -0.2) is 0 Å². The molecule has 0 fully saturated rings. The van der Waals surface area contributed by atoms with Crippen molar-refractivity contribution in [2.75, 3.05) is 6.54 Å². The van der Waals surface area contributed by atoms with Gasteiger partial charge in [-0.1, -0.05) is 0 Å². The van der Waals surface area contributed by atoms with Crippen LogP contribution < -0.4 is 5.09 Å². The Morgan fingerprint density at radius 1 is 1.36 bits per heavy atom. The molecule has 0 atom stereocenters. The summed E-state index contributed by atoms with van der Waals surface area (Å²) in [6.45, 7) is 0.431. The third-order valence-electron chi connectivity index (χ3n) is 1.10. The summed E-state index contributed by atoms with van der Waals surface area (Å²) in [7, 11) is -3.97. The Labute approximate surface area is 70.0 Å². The number of nitrogens with one attached hydrogen (secondary N) is 1. The van der Waals surface area contributed by atoms with Crippen LogP contribution in [0.15, 0.2) is 0 Å². The van der Waals surface area contributed by atoms with Crippen molar-refractivity contribution in [1.82, 2.24) is 5.09 Å². The van der Waals surface area contributed by atoms with Crippen LogP contribution in [0.4, 0.5) is 0 Å². The van der Waals surface area contributed by atoms with Gasteiger partial charge in [0.2, 0.25) is 0 Å². The molecule has 0 radical (unpaired) electrons. The van der Waals surface area contributed by atoms with Crippen molar-refractivity contribution in [2.24, 2.45) is 0 Å². The molecule has 0 spiro atoms. The van der Waals surface area contributed by atoms with Gasteiger partial charge in [-0.2, -0.15) is 0 Å². The molecule has 0 bridgehead atoms. The molecule has 0 amide bonds. The van der Waals surface area contributed by atoms with E-state index in [0.29, 0.717) is 6.54 Å². The van der Waals surface area contributed by atoms with Gasteiger partial charge in [0.1, 0.15) is 0 Å². The summed E-state index contributed by atoms with van der Waals surface area (Å²) < 4.78 is 10.3. The third-order valence-corrected chi connectivity index (χ3v) is 5.02. The quantitative estimate of drug-likeness (QED) is 0.509. The van der Waals surface area contributed by atoms with Gasteiger partial charge in [0.05, 0.1) is 0 Å². The van der Waals surface area contributed by atoms with Gasteiger partial charge in [0.25, 0.3) is 0 Å². The summed E-state index contributed by atoms with van der Waals surface area (Å²) in [5.41, 5.74) is 6.58. The third kappa shape index (κ3) is 10.7. The molecule has 0 saturated heterocycles. The summed E-state index contributed by atoms with van der Waals surface area (Å²) in [5.74, 6) is 0. The van der Waals surface area contributed by atoms with Gasteiger partial charge < -0.3 is 0 Å². The standard InChI is InChI=1S/C5H15AsNO3P/c1-6(2,3)4-5-7-11(8,9)10/h4-5H2,1-3H3,(H2-,7,8,9,10)/p+1. The van der Waals surface area contributed by atoms with Crippen molar-refractivity contribution in [3.05, 3.63) is 0 Å². The molecule has 68 valence electrons.